The minimum Gasteiger partial charge on any atom is -0.271 e. The van der Waals surface area contributed by atoms with Gasteiger partial charge in [-0.25, -0.2) is 18.7 Å². The van der Waals surface area contributed by atoms with Gasteiger partial charge in [-0.2, -0.15) is 10.2 Å². The molecule has 1 saturated carbocycles. The SMILES string of the molecule is Cc1ccc(N2C(=O)C3N=NN(CC(=O)N4N=C5/C(=C/c6ccc(F)cc6)CCCC5C4c4ccc(F)cc4)C3C2=O)cc1. The van der Waals surface area contributed by atoms with Gasteiger partial charge in [-0.05, 0) is 85.4 Å². The largest absolute Gasteiger partial charge is 0.271 e. The van der Waals surface area contributed by atoms with Gasteiger partial charge in [0.15, 0.2) is 12.1 Å². The quantitative estimate of drug-likeness (QED) is 0.370. The summed E-state index contributed by atoms with van der Waals surface area (Å²) in [5.41, 5.74) is 4.67. The van der Waals surface area contributed by atoms with Gasteiger partial charge in [-0.15, -0.1) is 0 Å². The van der Waals surface area contributed by atoms with Gasteiger partial charge >= 0.3 is 0 Å². The van der Waals surface area contributed by atoms with Gasteiger partial charge < -0.3 is 0 Å². The Balaban J connectivity index is 1.18. The lowest BCUT2D eigenvalue weighted by Crippen LogP contribution is -2.45. The van der Waals surface area contributed by atoms with Gasteiger partial charge in [-0.3, -0.25) is 19.4 Å². The zero-order valence-corrected chi connectivity index (χ0v) is 23.8. The first-order valence-electron chi connectivity index (χ1n) is 14.5. The molecular formula is C33H28F2N6O3. The number of amides is 3. The van der Waals surface area contributed by atoms with Crippen molar-refractivity contribution in [3.05, 3.63) is 107 Å². The zero-order chi connectivity index (χ0) is 30.5. The number of hydrogen-bond donors (Lipinski definition) is 0. The molecule has 11 heteroatoms. The van der Waals surface area contributed by atoms with Crippen LogP contribution in [-0.4, -0.2) is 52.1 Å². The van der Waals surface area contributed by atoms with Crippen molar-refractivity contribution in [2.75, 3.05) is 11.4 Å². The molecule has 9 nitrogen and oxygen atoms in total. The third kappa shape index (κ3) is 4.78. The summed E-state index contributed by atoms with van der Waals surface area (Å²) in [7, 11) is 0. The summed E-state index contributed by atoms with van der Waals surface area (Å²) < 4.78 is 27.4. The van der Waals surface area contributed by atoms with Gasteiger partial charge in [0.2, 0.25) is 0 Å². The molecule has 222 valence electrons. The summed E-state index contributed by atoms with van der Waals surface area (Å²) in [6.45, 7) is 1.58. The maximum atomic E-state index is 14.0. The van der Waals surface area contributed by atoms with E-state index in [0.717, 1.165) is 52.1 Å². The fourth-order valence-electron chi connectivity index (χ4n) is 6.47. The number of hydrazone groups is 1. The molecule has 4 atom stereocenters. The number of halogens is 2. The van der Waals surface area contributed by atoms with Gasteiger partial charge in [0, 0.05) is 5.92 Å². The Bertz CT molecular complexity index is 1740. The van der Waals surface area contributed by atoms with Crippen LogP contribution in [0.5, 0.6) is 0 Å². The minimum absolute atomic E-state index is 0.149. The number of fused-ring (bicyclic) bond motifs is 2. The van der Waals surface area contributed by atoms with Crippen molar-refractivity contribution < 1.29 is 23.2 Å². The molecule has 3 aliphatic heterocycles. The van der Waals surface area contributed by atoms with Gasteiger partial charge in [0.05, 0.1) is 17.4 Å². The smallest absolute Gasteiger partial charge is 0.264 e. The van der Waals surface area contributed by atoms with Crippen LogP contribution in [-0.2, 0) is 14.4 Å². The molecule has 44 heavy (non-hydrogen) atoms. The number of carbonyl (C=O) groups excluding carboxylic acids is 3. The highest BCUT2D eigenvalue weighted by Gasteiger charge is 2.55. The first-order valence-corrected chi connectivity index (χ1v) is 14.5. The monoisotopic (exact) mass is 594 g/mol. The topological polar surface area (TPSA) is 98.0 Å². The van der Waals surface area contributed by atoms with Crippen LogP contribution in [0.3, 0.4) is 0 Å². The Morgan fingerprint density at radius 3 is 2.30 bits per heavy atom. The lowest BCUT2D eigenvalue weighted by molar-refractivity contribution is -0.136. The van der Waals surface area contributed by atoms with E-state index in [4.69, 9.17) is 5.10 Å². The van der Waals surface area contributed by atoms with Gasteiger partial charge in [0.25, 0.3) is 17.7 Å². The molecule has 4 unspecified atom stereocenters. The predicted molar refractivity (Wildman–Crippen MR) is 158 cm³/mol. The molecule has 0 N–H and O–H groups in total. The first-order chi connectivity index (χ1) is 21.3. The average molecular weight is 595 g/mol. The third-order valence-electron chi connectivity index (χ3n) is 8.63. The summed E-state index contributed by atoms with van der Waals surface area (Å²) in [6.07, 6.45) is 4.31. The summed E-state index contributed by atoms with van der Waals surface area (Å²) in [5, 5.41) is 15.6. The predicted octanol–water partition coefficient (Wildman–Crippen LogP) is 5.39. The van der Waals surface area contributed by atoms with Crippen molar-refractivity contribution in [2.24, 2.45) is 21.4 Å². The van der Waals surface area contributed by atoms with Crippen molar-refractivity contribution in [3.63, 3.8) is 0 Å². The normalized spacial score (nSPS) is 25.1. The molecule has 4 aliphatic rings. The van der Waals surface area contributed by atoms with Crippen molar-refractivity contribution in [2.45, 2.75) is 44.3 Å². The number of carbonyl (C=O) groups is 3. The first kappa shape index (κ1) is 27.8. The molecule has 3 aromatic rings. The van der Waals surface area contributed by atoms with Crippen molar-refractivity contribution in [1.29, 1.82) is 0 Å². The highest BCUT2D eigenvalue weighted by atomic mass is 19.1. The summed E-state index contributed by atoms with van der Waals surface area (Å²) >= 11 is 0. The fraction of sp³-hybridized carbons (Fsp3) is 0.273. The van der Waals surface area contributed by atoms with E-state index in [2.05, 4.69) is 10.3 Å². The second-order valence-electron chi connectivity index (χ2n) is 11.5. The molecule has 0 bridgehead atoms. The molecule has 1 aliphatic carbocycles. The number of anilines is 1. The minimum atomic E-state index is -1.04. The molecule has 0 aromatic heterocycles. The third-order valence-corrected chi connectivity index (χ3v) is 8.63. The molecule has 3 amide bonds. The summed E-state index contributed by atoms with van der Waals surface area (Å²) in [4.78, 5) is 41.7. The number of rotatable bonds is 5. The van der Waals surface area contributed by atoms with Crippen LogP contribution in [0.25, 0.3) is 6.08 Å². The Kier molecular flexibility index (Phi) is 6.87. The van der Waals surface area contributed by atoms with Gasteiger partial charge in [0.1, 0.15) is 18.2 Å². The van der Waals surface area contributed by atoms with E-state index < -0.39 is 41.7 Å². The maximum Gasteiger partial charge on any atom is 0.264 e. The van der Waals surface area contributed by atoms with Crippen LogP contribution in [0, 0.1) is 24.5 Å². The van der Waals surface area contributed by atoms with E-state index in [9.17, 15) is 23.2 Å². The number of aryl methyl sites for hydroxylation is 1. The molecule has 7 rings (SSSR count). The summed E-state index contributed by atoms with van der Waals surface area (Å²) in [5.74, 6) is -2.29. The molecule has 1 saturated heterocycles. The second-order valence-corrected chi connectivity index (χ2v) is 11.5. The van der Waals surface area contributed by atoms with E-state index in [1.807, 2.05) is 25.1 Å². The average Bonchev–Trinajstić information content (AvgIpc) is 3.69. The Labute approximate surface area is 252 Å². The van der Waals surface area contributed by atoms with Crippen LogP contribution in [0.15, 0.2) is 93.8 Å². The van der Waals surface area contributed by atoms with Crippen molar-refractivity contribution >= 4 is 35.2 Å². The van der Waals surface area contributed by atoms with E-state index >= 15 is 0 Å². The highest BCUT2D eigenvalue weighted by molar-refractivity contribution is 6.25. The van der Waals surface area contributed by atoms with Crippen LogP contribution in [0.1, 0.15) is 42.0 Å². The maximum absolute atomic E-state index is 14.0. The summed E-state index contributed by atoms with van der Waals surface area (Å²) in [6, 6.07) is 16.6. The number of benzene rings is 3. The molecule has 0 radical (unpaired) electrons. The highest BCUT2D eigenvalue weighted by Crippen LogP contribution is 2.45. The lowest BCUT2D eigenvalue weighted by atomic mass is 9.77. The number of nitrogens with zero attached hydrogens (tertiary/aromatic N) is 6. The second kappa shape index (κ2) is 10.9. The van der Waals surface area contributed by atoms with Crippen LogP contribution >= 0.6 is 0 Å². The Hall–Kier alpha value is -5.06. The van der Waals surface area contributed by atoms with E-state index in [0.29, 0.717) is 5.69 Å². The van der Waals surface area contributed by atoms with Gasteiger partial charge in [-0.1, -0.05) is 47.2 Å². The molecule has 0 spiro atoms. The fourth-order valence-corrected chi connectivity index (χ4v) is 6.47. The van der Waals surface area contributed by atoms with Crippen molar-refractivity contribution in [1.82, 2.24) is 10.0 Å². The number of imide groups is 1. The lowest BCUT2D eigenvalue weighted by Gasteiger charge is -2.30. The Morgan fingerprint density at radius 1 is 0.909 bits per heavy atom. The van der Waals surface area contributed by atoms with E-state index in [1.165, 1.54) is 34.3 Å². The molecule has 3 aromatic carbocycles. The molecular weight excluding hydrogens is 566 g/mol. The zero-order valence-electron chi connectivity index (χ0n) is 23.8. The molecule has 2 fully saturated rings. The van der Waals surface area contributed by atoms with Crippen LogP contribution in [0.4, 0.5) is 14.5 Å². The van der Waals surface area contributed by atoms with E-state index in [-0.39, 0.29) is 18.3 Å². The van der Waals surface area contributed by atoms with E-state index in [1.54, 1.807) is 36.4 Å². The number of allylic oxidation sites excluding steroid dienone is 1. The Morgan fingerprint density at radius 2 is 1.59 bits per heavy atom. The standard InChI is InChI=1S/C33H28F2N6O3/c1-19-5-15-25(16-6-19)40-32(43)29-31(33(40)44)39(38-36-29)18-27(42)41-30(21-9-13-24(35)14-10-21)26-4-2-3-22(28(26)37-41)17-20-7-11-23(34)12-8-20/h5-17,26,29-31H,2-4,18H2,1H3/b22-17+. The van der Waals surface area contributed by atoms with Crippen LogP contribution in [0.2, 0.25) is 0 Å². The van der Waals surface area contributed by atoms with Crippen LogP contribution < -0.4 is 4.90 Å². The van der Waals surface area contributed by atoms with Crippen molar-refractivity contribution in [3.8, 4) is 0 Å². The number of hydrogen-bond acceptors (Lipinski definition) is 7. The molecule has 3 heterocycles.